The Balaban J connectivity index is 2.02. The lowest BCUT2D eigenvalue weighted by Gasteiger charge is -2.24. The van der Waals surface area contributed by atoms with Crippen LogP contribution in [0.1, 0.15) is 36.8 Å². The molecule has 1 unspecified atom stereocenters. The number of aryl methyl sites for hydroxylation is 1. The van der Waals surface area contributed by atoms with Crippen LogP contribution in [-0.4, -0.2) is 32.2 Å². The lowest BCUT2D eigenvalue weighted by Crippen LogP contribution is -2.28. The predicted octanol–water partition coefficient (Wildman–Crippen LogP) is 2.44. The summed E-state index contributed by atoms with van der Waals surface area (Å²) in [6.45, 7) is 6.68. The van der Waals surface area contributed by atoms with E-state index in [0.717, 1.165) is 24.3 Å². The maximum Gasteiger partial charge on any atom is 0.325 e. The molecule has 4 heteroatoms. The van der Waals surface area contributed by atoms with E-state index in [1.807, 2.05) is 6.92 Å². The number of benzene rings is 1. The number of anilines is 1. The van der Waals surface area contributed by atoms with Gasteiger partial charge in [0.25, 0.3) is 0 Å². The zero-order valence-electron chi connectivity index (χ0n) is 12.4. The van der Waals surface area contributed by atoms with E-state index >= 15 is 0 Å². The van der Waals surface area contributed by atoms with Gasteiger partial charge in [0.05, 0.1) is 6.61 Å². The highest BCUT2D eigenvalue weighted by Crippen LogP contribution is 2.27. The van der Waals surface area contributed by atoms with Gasteiger partial charge in [0.1, 0.15) is 6.54 Å². The number of nitrogens with one attached hydrogen (secondary N) is 2. The lowest BCUT2D eigenvalue weighted by atomic mass is 9.90. The van der Waals surface area contributed by atoms with E-state index < -0.39 is 0 Å². The molecule has 1 fully saturated rings. The zero-order valence-corrected chi connectivity index (χ0v) is 12.4. The number of piperidine rings is 1. The second-order valence-electron chi connectivity index (χ2n) is 5.28. The molecule has 1 saturated heterocycles. The van der Waals surface area contributed by atoms with Gasteiger partial charge in [-0.05, 0) is 56.3 Å². The Labute approximate surface area is 120 Å². The Hall–Kier alpha value is -1.55. The molecule has 2 rings (SSSR count). The molecule has 1 heterocycles. The van der Waals surface area contributed by atoms with Crippen LogP contribution in [0.3, 0.4) is 0 Å². The van der Waals surface area contributed by atoms with Crippen molar-refractivity contribution in [1.29, 1.82) is 0 Å². The van der Waals surface area contributed by atoms with Crippen LogP contribution < -0.4 is 10.6 Å². The number of carbonyl (C=O) groups is 1. The average molecular weight is 276 g/mol. The topological polar surface area (TPSA) is 50.4 Å². The van der Waals surface area contributed by atoms with Crippen molar-refractivity contribution in [2.45, 2.75) is 32.6 Å². The molecule has 0 saturated carbocycles. The van der Waals surface area contributed by atoms with Crippen molar-refractivity contribution in [3.63, 3.8) is 0 Å². The van der Waals surface area contributed by atoms with Gasteiger partial charge in [0.15, 0.2) is 0 Å². The highest BCUT2D eigenvalue weighted by atomic mass is 16.5. The Morgan fingerprint density at radius 3 is 3.05 bits per heavy atom. The first-order valence-corrected chi connectivity index (χ1v) is 7.41. The second kappa shape index (κ2) is 7.29. The zero-order chi connectivity index (χ0) is 14.4. The summed E-state index contributed by atoms with van der Waals surface area (Å²) in [7, 11) is 0. The van der Waals surface area contributed by atoms with Gasteiger partial charge in [-0.25, -0.2) is 0 Å². The third-order valence-corrected chi connectivity index (χ3v) is 3.76. The Morgan fingerprint density at radius 1 is 1.50 bits per heavy atom. The smallest absolute Gasteiger partial charge is 0.325 e. The van der Waals surface area contributed by atoms with E-state index in [9.17, 15) is 4.79 Å². The summed E-state index contributed by atoms with van der Waals surface area (Å²) in [4.78, 5) is 11.4. The van der Waals surface area contributed by atoms with Gasteiger partial charge in [-0.15, -0.1) is 0 Å². The summed E-state index contributed by atoms with van der Waals surface area (Å²) in [5.74, 6) is 0.365. The van der Waals surface area contributed by atoms with Gasteiger partial charge in [-0.1, -0.05) is 12.1 Å². The number of ether oxygens (including phenoxy) is 1. The van der Waals surface area contributed by atoms with Crippen LogP contribution in [0.2, 0.25) is 0 Å². The van der Waals surface area contributed by atoms with E-state index in [4.69, 9.17) is 4.74 Å². The van der Waals surface area contributed by atoms with E-state index in [0.29, 0.717) is 12.5 Å². The predicted molar refractivity (Wildman–Crippen MR) is 81.1 cm³/mol. The highest BCUT2D eigenvalue weighted by molar-refractivity contribution is 5.75. The molecule has 0 spiro atoms. The molecule has 1 aliphatic heterocycles. The van der Waals surface area contributed by atoms with E-state index in [1.165, 1.54) is 18.4 Å². The van der Waals surface area contributed by atoms with Crippen molar-refractivity contribution in [3.8, 4) is 0 Å². The minimum atomic E-state index is -0.211. The molecule has 20 heavy (non-hydrogen) atoms. The van der Waals surface area contributed by atoms with Crippen molar-refractivity contribution in [1.82, 2.24) is 5.32 Å². The van der Waals surface area contributed by atoms with Crippen LogP contribution in [0.4, 0.5) is 5.69 Å². The van der Waals surface area contributed by atoms with Gasteiger partial charge in [-0.2, -0.15) is 0 Å². The van der Waals surface area contributed by atoms with Gasteiger partial charge < -0.3 is 15.4 Å². The summed E-state index contributed by atoms with van der Waals surface area (Å²) in [6.07, 6.45) is 2.46. The summed E-state index contributed by atoms with van der Waals surface area (Å²) in [5, 5.41) is 6.62. The molecule has 110 valence electrons. The monoisotopic (exact) mass is 276 g/mol. The fraction of sp³-hybridized carbons (Fsp3) is 0.562. The molecular formula is C16H24N2O2. The first-order valence-electron chi connectivity index (χ1n) is 7.41. The molecule has 0 aromatic heterocycles. The fourth-order valence-corrected chi connectivity index (χ4v) is 2.60. The van der Waals surface area contributed by atoms with Crippen LogP contribution in [-0.2, 0) is 9.53 Å². The van der Waals surface area contributed by atoms with Crippen LogP contribution in [0.15, 0.2) is 18.2 Å². The minimum Gasteiger partial charge on any atom is -0.465 e. The maximum absolute atomic E-state index is 11.4. The molecule has 0 amide bonds. The van der Waals surface area contributed by atoms with Crippen LogP contribution >= 0.6 is 0 Å². The molecule has 1 aliphatic rings. The molecule has 1 aromatic carbocycles. The SMILES string of the molecule is CCOC(=O)CNc1cc(C2CCCNC2)ccc1C. The first kappa shape index (κ1) is 14.9. The minimum absolute atomic E-state index is 0.211. The summed E-state index contributed by atoms with van der Waals surface area (Å²) < 4.78 is 4.94. The number of hydrogen-bond acceptors (Lipinski definition) is 4. The fourth-order valence-electron chi connectivity index (χ4n) is 2.60. The number of hydrogen-bond donors (Lipinski definition) is 2. The molecule has 4 nitrogen and oxygen atoms in total. The quantitative estimate of drug-likeness (QED) is 0.811. The van der Waals surface area contributed by atoms with E-state index in [2.05, 4.69) is 35.8 Å². The third-order valence-electron chi connectivity index (χ3n) is 3.76. The van der Waals surface area contributed by atoms with Crippen LogP contribution in [0.25, 0.3) is 0 Å². The van der Waals surface area contributed by atoms with Crippen LogP contribution in [0.5, 0.6) is 0 Å². The van der Waals surface area contributed by atoms with Crippen LogP contribution in [0, 0.1) is 6.92 Å². The number of carbonyl (C=O) groups excluding carboxylic acids is 1. The second-order valence-corrected chi connectivity index (χ2v) is 5.28. The van der Waals surface area contributed by atoms with E-state index in [1.54, 1.807) is 0 Å². The van der Waals surface area contributed by atoms with Gasteiger partial charge >= 0.3 is 5.97 Å². The Bertz CT molecular complexity index is 454. The van der Waals surface area contributed by atoms with Gasteiger partial charge in [-0.3, -0.25) is 4.79 Å². The lowest BCUT2D eigenvalue weighted by molar-refractivity contribution is -0.140. The van der Waals surface area contributed by atoms with Gasteiger partial charge in [0, 0.05) is 12.2 Å². The van der Waals surface area contributed by atoms with Crippen molar-refractivity contribution >= 4 is 11.7 Å². The standard InChI is InChI=1S/C16H24N2O2/c1-3-20-16(19)11-18-15-9-13(7-6-12(15)2)14-5-4-8-17-10-14/h6-7,9,14,17-18H,3-5,8,10-11H2,1-2H3. The molecule has 0 radical (unpaired) electrons. The number of rotatable bonds is 5. The normalized spacial score (nSPS) is 18.6. The third kappa shape index (κ3) is 3.97. The Kier molecular flexibility index (Phi) is 5.41. The molecule has 2 N–H and O–H groups in total. The highest BCUT2D eigenvalue weighted by Gasteiger charge is 2.16. The molecule has 1 aromatic rings. The maximum atomic E-state index is 11.4. The Morgan fingerprint density at radius 2 is 2.35 bits per heavy atom. The first-order chi connectivity index (χ1) is 9.70. The summed E-state index contributed by atoms with van der Waals surface area (Å²) in [6, 6.07) is 6.49. The molecule has 0 aliphatic carbocycles. The molecule has 1 atom stereocenters. The van der Waals surface area contributed by atoms with Crippen molar-refractivity contribution in [2.75, 3.05) is 31.6 Å². The molecular weight excluding hydrogens is 252 g/mol. The largest absolute Gasteiger partial charge is 0.465 e. The number of esters is 1. The van der Waals surface area contributed by atoms with Crippen molar-refractivity contribution < 1.29 is 9.53 Å². The summed E-state index contributed by atoms with van der Waals surface area (Å²) >= 11 is 0. The summed E-state index contributed by atoms with van der Waals surface area (Å²) in [5.41, 5.74) is 3.53. The molecule has 0 bridgehead atoms. The van der Waals surface area contributed by atoms with Crippen molar-refractivity contribution in [2.24, 2.45) is 0 Å². The van der Waals surface area contributed by atoms with E-state index in [-0.39, 0.29) is 12.5 Å². The van der Waals surface area contributed by atoms with Gasteiger partial charge in [0.2, 0.25) is 0 Å². The van der Waals surface area contributed by atoms with Crippen molar-refractivity contribution in [3.05, 3.63) is 29.3 Å². The average Bonchev–Trinajstić information content (AvgIpc) is 2.47.